The Kier molecular flexibility index (Phi) is 2.32. The van der Waals surface area contributed by atoms with E-state index < -0.39 is 0 Å². The first kappa shape index (κ1) is 6.35. The fraction of sp³-hybridized carbons (Fsp3) is 0.200. The van der Waals surface area contributed by atoms with Gasteiger partial charge in [0.05, 0.1) is 0 Å². The molecule has 0 saturated carbocycles. The van der Waals surface area contributed by atoms with Gasteiger partial charge in [0.15, 0.2) is 0 Å². The number of rotatable bonds is 3. The van der Waals surface area contributed by atoms with Gasteiger partial charge in [0.25, 0.3) is 5.22 Å². The molecule has 1 aromatic rings. The summed E-state index contributed by atoms with van der Waals surface area (Å²) in [5.41, 5.74) is 0. The Hall–Kier alpha value is -0.770. The molecule has 0 spiro atoms. The summed E-state index contributed by atoms with van der Waals surface area (Å²) in [5.74, 6) is 0.808. The molecular formula is C5H6N2OS. The van der Waals surface area contributed by atoms with Gasteiger partial charge in [-0.15, -0.1) is 16.8 Å². The van der Waals surface area contributed by atoms with Crippen LogP contribution in [0.1, 0.15) is 0 Å². The molecule has 1 heterocycles. The van der Waals surface area contributed by atoms with E-state index in [9.17, 15) is 0 Å². The molecule has 4 heteroatoms. The molecule has 48 valence electrons. The predicted molar refractivity (Wildman–Crippen MR) is 35.2 cm³/mol. The first-order chi connectivity index (χ1) is 4.43. The normalized spacial score (nSPS) is 9.33. The highest BCUT2D eigenvalue weighted by molar-refractivity contribution is 7.99. The van der Waals surface area contributed by atoms with Crippen LogP contribution < -0.4 is 0 Å². The molecule has 0 radical (unpaired) electrons. The van der Waals surface area contributed by atoms with Crippen LogP contribution in [-0.4, -0.2) is 16.0 Å². The molecule has 0 unspecified atom stereocenters. The highest BCUT2D eigenvalue weighted by Gasteiger charge is 1.94. The summed E-state index contributed by atoms with van der Waals surface area (Å²) in [5, 5.41) is 7.75. The van der Waals surface area contributed by atoms with Crippen LogP contribution in [0.4, 0.5) is 0 Å². The first-order valence-electron chi connectivity index (χ1n) is 2.43. The molecular weight excluding hydrogens is 136 g/mol. The van der Waals surface area contributed by atoms with Crippen LogP contribution in [0, 0.1) is 0 Å². The largest absolute Gasteiger partial charge is 0.419 e. The molecule has 0 aliphatic carbocycles. The molecule has 0 aromatic carbocycles. The zero-order valence-corrected chi connectivity index (χ0v) is 5.60. The maximum atomic E-state index is 4.83. The summed E-state index contributed by atoms with van der Waals surface area (Å²) >= 11 is 1.47. The zero-order valence-electron chi connectivity index (χ0n) is 4.78. The fourth-order valence-corrected chi connectivity index (χ4v) is 0.832. The molecule has 0 aliphatic heterocycles. The van der Waals surface area contributed by atoms with Crippen LogP contribution in [0.3, 0.4) is 0 Å². The van der Waals surface area contributed by atoms with Crippen LogP contribution in [0.25, 0.3) is 0 Å². The summed E-state index contributed by atoms with van der Waals surface area (Å²) in [6.07, 6.45) is 3.10. The van der Waals surface area contributed by atoms with Crippen molar-refractivity contribution in [3.05, 3.63) is 19.0 Å². The van der Waals surface area contributed by atoms with Gasteiger partial charge in [0, 0.05) is 5.75 Å². The fourth-order valence-electron chi connectivity index (χ4n) is 0.356. The van der Waals surface area contributed by atoms with Gasteiger partial charge in [-0.25, -0.2) is 0 Å². The second-order valence-electron chi connectivity index (χ2n) is 1.30. The number of hydrogen-bond donors (Lipinski definition) is 0. The van der Waals surface area contributed by atoms with Crippen LogP contribution in [0.15, 0.2) is 28.7 Å². The molecule has 3 nitrogen and oxygen atoms in total. The van der Waals surface area contributed by atoms with E-state index in [1.807, 2.05) is 0 Å². The van der Waals surface area contributed by atoms with Gasteiger partial charge in [-0.1, -0.05) is 17.8 Å². The van der Waals surface area contributed by atoms with Crippen molar-refractivity contribution in [2.45, 2.75) is 5.22 Å². The van der Waals surface area contributed by atoms with E-state index in [1.165, 1.54) is 18.2 Å². The van der Waals surface area contributed by atoms with Gasteiger partial charge >= 0.3 is 0 Å². The molecule has 0 saturated heterocycles. The van der Waals surface area contributed by atoms with Gasteiger partial charge < -0.3 is 4.42 Å². The van der Waals surface area contributed by atoms with Crippen molar-refractivity contribution in [1.82, 2.24) is 10.2 Å². The van der Waals surface area contributed by atoms with Gasteiger partial charge in [-0.2, -0.15) is 0 Å². The third kappa shape index (κ3) is 1.89. The van der Waals surface area contributed by atoms with E-state index >= 15 is 0 Å². The van der Waals surface area contributed by atoms with E-state index in [4.69, 9.17) is 4.42 Å². The third-order valence-corrected chi connectivity index (χ3v) is 1.49. The summed E-state index contributed by atoms with van der Waals surface area (Å²) in [6, 6.07) is 0. The molecule has 1 aromatic heterocycles. The second kappa shape index (κ2) is 3.29. The molecule has 9 heavy (non-hydrogen) atoms. The van der Waals surface area contributed by atoms with Crippen molar-refractivity contribution in [2.24, 2.45) is 0 Å². The van der Waals surface area contributed by atoms with E-state index in [2.05, 4.69) is 16.8 Å². The minimum absolute atomic E-state index is 0.593. The lowest BCUT2D eigenvalue weighted by atomic mass is 10.8. The Morgan fingerprint density at radius 1 is 1.89 bits per heavy atom. The molecule has 0 atom stereocenters. The topological polar surface area (TPSA) is 38.9 Å². The lowest BCUT2D eigenvalue weighted by Gasteiger charge is -1.83. The van der Waals surface area contributed by atoms with Crippen LogP contribution in [-0.2, 0) is 0 Å². The van der Waals surface area contributed by atoms with Crippen molar-refractivity contribution in [3.8, 4) is 0 Å². The Labute approximate surface area is 57.2 Å². The standard InChI is InChI=1S/C5H6N2OS/c1-2-3-9-5-7-6-4-8-5/h2,4H,1,3H2. The zero-order chi connectivity index (χ0) is 6.53. The SMILES string of the molecule is C=CCSc1nnco1. The Morgan fingerprint density at radius 2 is 2.78 bits per heavy atom. The first-order valence-corrected chi connectivity index (χ1v) is 3.42. The van der Waals surface area contributed by atoms with Crippen LogP contribution >= 0.6 is 11.8 Å². The van der Waals surface area contributed by atoms with Crippen molar-refractivity contribution >= 4 is 11.8 Å². The minimum atomic E-state index is 0.593. The van der Waals surface area contributed by atoms with Crippen LogP contribution in [0.5, 0.6) is 0 Å². The average Bonchev–Trinajstić information content (AvgIpc) is 2.34. The molecule has 0 bridgehead atoms. The lowest BCUT2D eigenvalue weighted by Crippen LogP contribution is -1.71. The number of nitrogens with zero attached hydrogens (tertiary/aromatic N) is 2. The maximum absolute atomic E-state index is 4.83. The molecule has 0 fully saturated rings. The van der Waals surface area contributed by atoms with Crippen LogP contribution in [0.2, 0.25) is 0 Å². The Balaban J connectivity index is 2.38. The Morgan fingerprint density at radius 3 is 3.33 bits per heavy atom. The quantitative estimate of drug-likeness (QED) is 0.471. The van der Waals surface area contributed by atoms with E-state index in [0.717, 1.165) is 5.75 Å². The van der Waals surface area contributed by atoms with E-state index in [0.29, 0.717) is 5.22 Å². The smallest absolute Gasteiger partial charge is 0.276 e. The highest BCUT2D eigenvalue weighted by atomic mass is 32.2. The molecule has 1 rings (SSSR count). The van der Waals surface area contributed by atoms with Gasteiger partial charge in [0.2, 0.25) is 6.39 Å². The van der Waals surface area contributed by atoms with Crippen molar-refractivity contribution < 1.29 is 4.42 Å². The number of hydrogen-bond acceptors (Lipinski definition) is 4. The lowest BCUT2D eigenvalue weighted by molar-refractivity contribution is 0.453. The second-order valence-corrected chi connectivity index (χ2v) is 2.28. The third-order valence-electron chi connectivity index (χ3n) is 0.665. The summed E-state index contributed by atoms with van der Waals surface area (Å²) in [7, 11) is 0. The average molecular weight is 142 g/mol. The Bertz CT molecular complexity index is 173. The van der Waals surface area contributed by atoms with Crippen molar-refractivity contribution in [1.29, 1.82) is 0 Å². The predicted octanol–water partition coefficient (Wildman–Crippen LogP) is 1.35. The summed E-state index contributed by atoms with van der Waals surface area (Å²) in [4.78, 5) is 0. The minimum Gasteiger partial charge on any atom is -0.419 e. The van der Waals surface area contributed by atoms with E-state index in [-0.39, 0.29) is 0 Å². The number of aromatic nitrogens is 2. The van der Waals surface area contributed by atoms with Gasteiger partial charge in [-0.05, 0) is 0 Å². The van der Waals surface area contributed by atoms with Gasteiger partial charge in [0.1, 0.15) is 0 Å². The monoisotopic (exact) mass is 142 g/mol. The number of thioether (sulfide) groups is 1. The molecule has 0 amide bonds. The summed E-state index contributed by atoms with van der Waals surface area (Å²) < 4.78 is 4.83. The van der Waals surface area contributed by atoms with Gasteiger partial charge in [-0.3, -0.25) is 0 Å². The van der Waals surface area contributed by atoms with Crippen molar-refractivity contribution in [3.63, 3.8) is 0 Å². The highest BCUT2D eigenvalue weighted by Crippen LogP contribution is 2.12. The molecule has 0 aliphatic rings. The molecule has 0 N–H and O–H groups in total. The van der Waals surface area contributed by atoms with E-state index in [1.54, 1.807) is 6.08 Å². The maximum Gasteiger partial charge on any atom is 0.276 e. The van der Waals surface area contributed by atoms with Crippen molar-refractivity contribution in [2.75, 3.05) is 5.75 Å². The summed E-state index contributed by atoms with van der Waals surface area (Å²) in [6.45, 7) is 3.55.